The first-order valence-corrected chi connectivity index (χ1v) is 12.9. The van der Waals surface area contributed by atoms with Crippen molar-refractivity contribution in [2.45, 2.75) is 13.3 Å². The van der Waals surface area contributed by atoms with Crippen LogP contribution in [0.2, 0.25) is 5.02 Å². The number of hydrogen-bond acceptors (Lipinski definition) is 6. The number of amidine groups is 2. The Hall–Kier alpha value is -3.53. The summed E-state index contributed by atoms with van der Waals surface area (Å²) in [6.45, 7) is 2.04. The van der Waals surface area contributed by atoms with Crippen molar-refractivity contribution in [3.8, 4) is 11.3 Å². The summed E-state index contributed by atoms with van der Waals surface area (Å²) in [4.78, 5) is 24.6. The predicted octanol–water partition coefficient (Wildman–Crippen LogP) is 5.98. The average Bonchev–Trinajstić information content (AvgIpc) is 3.56. The van der Waals surface area contributed by atoms with E-state index in [1.807, 2.05) is 54.8 Å². The highest BCUT2D eigenvalue weighted by molar-refractivity contribution is 8.17. The fourth-order valence-corrected chi connectivity index (χ4v) is 5.80. The minimum atomic E-state index is -0.459. The number of nitrogens with one attached hydrogen (secondary N) is 1. The summed E-state index contributed by atoms with van der Waals surface area (Å²) < 4.78 is 1.74. The SMILES string of the molecule is CCc1nn2c(/C=C3/C(=N)N4C(c5ccccc5)=CSC4=NC3=O)c(-c3ccc(Cl)cc3)nc2s1. The highest BCUT2D eigenvalue weighted by Crippen LogP contribution is 2.38. The summed E-state index contributed by atoms with van der Waals surface area (Å²) >= 11 is 8.94. The number of amides is 1. The van der Waals surface area contributed by atoms with Crippen molar-refractivity contribution in [2.75, 3.05) is 0 Å². The molecule has 4 heterocycles. The van der Waals surface area contributed by atoms with Crippen molar-refractivity contribution in [2.24, 2.45) is 4.99 Å². The standard InChI is InChI=1S/C25H17ClN6OS2/c1-2-20-30-32-18(21(28-25(32)35-20)15-8-10-16(26)11-9-15)12-17-22(27)31-19(14-6-4-3-5-7-14)13-34-24(31)29-23(17)33/h3-13,27H,2H2,1H3/b17-12-,27-22?. The number of carbonyl (C=O) groups excluding carboxylic acids is 1. The molecule has 4 aromatic rings. The molecule has 0 radical (unpaired) electrons. The summed E-state index contributed by atoms with van der Waals surface area (Å²) in [6, 6.07) is 17.2. The van der Waals surface area contributed by atoms with Gasteiger partial charge in [0.15, 0.2) is 5.17 Å². The van der Waals surface area contributed by atoms with Crippen LogP contribution in [-0.4, -0.2) is 36.4 Å². The number of thioether (sulfide) groups is 1. The Kier molecular flexibility index (Phi) is 5.40. The molecular formula is C25H17ClN6OS2. The van der Waals surface area contributed by atoms with Crippen molar-refractivity contribution in [1.82, 2.24) is 19.5 Å². The number of hydrogen-bond donors (Lipinski definition) is 1. The number of fused-ring (bicyclic) bond motifs is 2. The third-order valence-corrected chi connectivity index (χ3v) is 7.80. The van der Waals surface area contributed by atoms with Crippen LogP contribution in [0.5, 0.6) is 0 Å². The Bertz CT molecular complexity index is 1600. The Balaban J connectivity index is 1.50. The Morgan fingerprint density at radius 3 is 2.60 bits per heavy atom. The van der Waals surface area contributed by atoms with Crippen LogP contribution in [0.3, 0.4) is 0 Å². The maximum Gasteiger partial charge on any atom is 0.283 e. The van der Waals surface area contributed by atoms with E-state index in [1.54, 1.807) is 27.6 Å². The monoisotopic (exact) mass is 516 g/mol. The fraction of sp³-hybridized carbons (Fsp3) is 0.0800. The van der Waals surface area contributed by atoms with E-state index in [9.17, 15) is 4.79 Å². The number of aliphatic imine (C=N–C) groups is 1. The third kappa shape index (κ3) is 3.72. The molecule has 2 aromatic carbocycles. The second-order valence-electron chi connectivity index (χ2n) is 7.82. The van der Waals surface area contributed by atoms with E-state index >= 15 is 0 Å². The van der Waals surface area contributed by atoms with Crippen molar-refractivity contribution in [1.29, 1.82) is 5.41 Å². The predicted molar refractivity (Wildman–Crippen MR) is 143 cm³/mol. The van der Waals surface area contributed by atoms with Crippen LogP contribution in [0.15, 0.2) is 70.6 Å². The van der Waals surface area contributed by atoms with Gasteiger partial charge in [0, 0.05) is 16.0 Å². The molecule has 2 aliphatic heterocycles. The first kappa shape index (κ1) is 22.0. The molecule has 7 nitrogen and oxygen atoms in total. The molecule has 1 N–H and O–H groups in total. The minimum Gasteiger partial charge on any atom is -0.283 e. The lowest BCUT2D eigenvalue weighted by Crippen LogP contribution is -2.38. The first-order valence-electron chi connectivity index (χ1n) is 10.8. The fourth-order valence-electron chi connectivity index (χ4n) is 3.95. The van der Waals surface area contributed by atoms with E-state index < -0.39 is 5.91 Å². The maximum atomic E-state index is 13.1. The van der Waals surface area contributed by atoms with Gasteiger partial charge in [-0.2, -0.15) is 10.1 Å². The summed E-state index contributed by atoms with van der Waals surface area (Å²) in [7, 11) is 0. The second-order valence-corrected chi connectivity index (χ2v) is 10.1. The van der Waals surface area contributed by atoms with Gasteiger partial charge in [-0.05, 0) is 30.2 Å². The lowest BCUT2D eigenvalue weighted by Gasteiger charge is -2.26. The van der Waals surface area contributed by atoms with Gasteiger partial charge in [-0.3, -0.25) is 15.1 Å². The van der Waals surface area contributed by atoms with Gasteiger partial charge in [0.2, 0.25) is 4.96 Å². The summed E-state index contributed by atoms with van der Waals surface area (Å²) in [5.41, 5.74) is 4.08. The van der Waals surface area contributed by atoms with Gasteiger partial charge in [0.25, 0.3) is 5.91 Å². The molecule has 0 fully saturated rings. The smallest absolute Gasteiger partial charge is 0.283 e. The number of halogens is 1. The maximum absolute atomic E-state index is 13.1. The van der Waals surface area contributed by atoms with Crippen LogP contribution in [0.1, 0.15) is 23.2 Å². The van der Waals surface area contributed by atoms with Crippen LogP contribution >= 0.6 is 34.7 Å². The van der Waals surface area contributed by atoms with Crippen molar-refractivity contribution < 1.29 is 4.79 Å². The molecular weight excluding hydrogens is 500 g/mol. The van der Waals surface area contributed by atoms with Gasteiger partial charge in [-0.1, -0.05) is 84.1 Å². The van der Waals surface area contributed by atoms with Crippen molar-refractivity contribution in [3.05, 3.63) is 86.9 Å². The van der Waals surface area contributed by atoms with Crippen molar-refractivity contribution in [3.63, 3.8) is 0 Å². The third-order valence-electron chi connectivity index (χ3n) is 5.67. The number of rotatable bonds is 4. The summed E-state index contributed by atoms with van der Waals surface area (Å²) in [5.74, 6) is -0.387. The first-order chi connectivity index (χ1) is 17.0. The molecule has 10 heteroatoms. The zero-order valence-electron chi connectivity index (χ0n) is 18.4. The molecule has 2 aromatic heterocycles. The molecule has 0 spiro atoms. The molecule has 0 atom stereocenters. The molecule has 0 saturated carbocycles. The lowest BCUT2D eigenvalue weighted by atomic mass is 10.1. The van der Waals surface area contributed by atoms with Crippen LogP contribution in [0.4, 0.5) is 0 Å². The van der Waals surface area contributed by atoms with Crippen LogP contribution in [0, 0.1) is 5.41 Å². The Morgan fingerprint density at radius 2 is 1.86 bits per heavy atom. The molecule has 1 amide bonds. The van der Waals surface area contributed by atoms with E-state index in [-0.39, 0.29) is 11.4 Å². The number of aromatic nitrogens is 3. The van der Waals surface area contributed by atoms with Gasteiger partial charge >= 0.3 is 0 Å². The van der Waals surface area contributed by atoms with Crippen LogP contribution in [0.25, 0.3) is 28.0 Å². The number of imidazole rings is 1. The molecule has 0 aliphatic carbocycles. The molecule has 35 heavy (non-hydrogen) atoms. The zero-order chi connectivity index (χ0) is 24.1. The molecule has 6 rings (SSSR count). The quantitative estimate of drug-likeness (QED) is 0.337. The van der Waals surface area contributed by atoms with Gasteiger partial charge in [-0.25, -0.2) is 9.50 Å². The van der Waals surface area contributed by atoms with Gasteiger partial charge in [0.1, 0.15) is 10.8 Å². The van der Waals surface area contributed by atoms with Gasteiger partial charge < -0.3 is 0 Å². The van der Waals surface area contributed by atoms with E-state index in [0.717, 1.165) is 33.2 Å². The minimum absolute atomic E-state index is 0.0723. The highest BCUT2D eigenvalue weighted by Gasteiger charge is 2.36. The Labute approximate surface area is 214 Å². The van der Waals surface area contributed by atoms with E-state index in [0.29, 0.717) is 21.6 Å². The second kappa shape index (κ2) is 8.60. The Morgan fingerprint density at radius 1 is 1.09 bits per heavy atom. The molecule has 0 saturated heterocycles. The normalized spacial score (nSPS) is 16.7. The topological polar surface area (TPSA) is 86.7 Å². The summed E-state index contributed by atoms with van der Waals surface area (Å²) in [6.07, 6.45) is 2.46. The zero-order valence-corrected chi connectivity index (χ0v) is 20.8. The molecule has 172 valence electrons. The average molecular weight is 517 g/mol. The van der Waals surface area contributed by atoms with E-state index in [2.05, 4.69) is 4.99 Å². The summed E-state index contributed by atoms with van der Waals surface area (Å²) in [5, 5.41) is 17.6. The molecule has 0 unspecified atom stereocenters. The van der Waals surface area contributed by atoms with Crippen LogP contribution in [-0.2, 0) is 11.2 Å². The van der Waals surface area contributed by atoms with E-state index in [4.69, 9.17) is 27.1 Å². The van der Waals surface area contributed by atoms with Crippen molar-refractivity contribution >= 4 is 68.3 Å². The van der Waals surface area contributed by atoms with Gasteiger partial charge in [0.05, 0.1) is 22.7 Å². The largest absolute Gasteiger partial charge is 0.283 e. The number of benzene rings is 2. The number of nitrogens with zero attached hydrogens (tertiary/aromatic N) is 5. The number of aryl methyl sites for hydroxylation is 1. The highest BCUT2D eigenvalue weighted by atomic mass is 35.5. The van der Waals surface area contributed by atoms with E-state index in [1.165, 1.54) is 23.1 Å². The lowest BCUT2D eigenvalue weighted by molar-refractivity contribution is -0.114. The molecule has 0 bridgehead atoms. The molecule has 2 aliphatic rings. The van der Waals surface area contributed by atoms with Crippen LogP contribution < -0.4 is 0 Å². The van der Waals surface area contributed by atoms with Gasteiger partial charge in [-0.15, -0.1) is 0 Å². The number of carbonyl (C=O) groups is 1.